The third kappa shape index (κ3) is 3.30. The smallest absolute Gasteiger partial charge is 0.389 e. The van der Waals surface area contributed by atoms with Crippen LogP contribution >= 0.6 is 0 Å². The van der Waals surface area contributed by atoms with Crippen LogP contribution in [-0.4, -0.2) is 26.6 Å². The average molecular weight is 362 g/mol. The second-order valence-corrected chi connectivity index (χ2v) is 5.61. The van der Waals surface area contributed by atoms with Gasteiger partial charge in [0.1, 0.15) is 11.3 Å². The van der Waals surface area contributed by atoms with Gasteiger partial charge in [0.05, 0.1) is 17.5 Å². The Balaban J connectivity index is 2.25. The van der Waals surface area contributed by atoms with Gasteiger partial charge in [0, 0.05) is 12.6 Å². The third-order valence-electron chi connectivity index (χ3n) is 3.84. The topological polar surface area (TPSA) is 72.2 Å². The molecule has 0 saturated carbocycles. The number of pyridine rings is 2. The summed E-state index contributed by atoms with van der Waals surface area (Å²) in [5, 5.41) is 10.4. The fraction of sp³-hybridized carbons (Fsp3) is 0.167. The van der Waals surface area contributed by atoms with E-state index in [1.807, 2.05) is 0 Å². The van der Waals surface area contributed by atoms with E-state index in [0.29, 0.717) is 5.69 Å². The lowest BCUT2D eigenvalue weighted by atomic mass is 10.0. The number of aromatic nitrogens is 2. The van der Waals surface area contributed by atoms with E-state index < -0.39 is 41.7 Å². The van der Waals surface area contributed by atoms with Crippen LogP contribution in [0.25, 0.3) is 16.7 Å². The van der Waals surface area contributed by atoms with E-state index >= 15 is 0 Å². The summed E-state index contributed by atoms with van der Waals surface area (Å²) in [6.45, 7) is 0. The third-order valence-corrected chi connectivity index (χ3v) is 3.84. The molecular weight excluding hydrogens is 349 g/mol. The van der Waals surface area contributed by atoms with Crippen molar-refractivity contribution >= 4 is 16.8 Å². The van der Waals surface area contributed by atoms with Crippen molar-refractivity contribution in [1.82, 2.24) is 9.55 Å². The predicted molar refractivity (Wildman–Crippen MR) is 88.6 cm³/mol. The van der Waals surface area contributed by atoms with Crippen LogP contribution in [0.5, 0.6) is 5.75 Å². The lowest BCUT2D eigenvalue weighted by molar-refractivity contribution is -0.133. The zero-order chi connectivity index (χ0) is 18.9. The Morgan fingerprint density at radius 1 is 1.12 bits per heavy atom. The highest BCUT2D eigenvalue weighted by molar-refractivity contribution is 6.03. The minimum absolute atomic E-state index is 0.103. The van der Waals surface area contributed by atoms with Crippen LogP contribution in [0.4, 0.5) is 13.2 Å². The normalized spacial score (nSPS) is 11.7. The number of nitrogens with zero attached hydrogens (tertiary/aromatic N) is 2. The number of alkyl halides is 3. The van der Waals surface area contributed by atoms with Gasteiger partial charge in [-0.25, -0.2) is 4.98 Å². The molecule has 1 N–H and O–H groups in total. The summed E-state index contributed by atoms with van der Waals surface area (Å²) in [5.74, 6) is -1.72. The van der Waals surface area contributed by atoms with Crippen molar-refractivity contribution in [3.05, 3.63) is 64.6 Å². The number of hydrogen-bond acceptors (Lipinski definition) is 4. The number of ketones is 1. The van der Waals surface area contributed by atoms with Crippen LogP contribution in [0.15, 0.2) is 53.5 Å². The molecule has 2 heterocycles. The fourth-order valence-electron chi connectivity index (χ4n) is 2.65. The minimum Gasteiger partial charge on any atom is -0.506 e. The number of benzene rings is 1. The van der Waals surface area contributed by atoms with Gasteiger partial charge in [-0.1, -0.05) is 18.2 Å². The second kappa shape index (κ2) is 6.62. The van der Waals surface area contributed by atoms with E-state index in [1.165, 1.54) is 18.3 Å². The molecule has 3 aromatic rings. The van der Waals surface area contributed by atoms with Crippen molar-refractivity contribution in [1.29, 1.82) is 0 Å². The van der Waals surface area contributed by atoms with Crippen LogP contribution in [0.2, 0.25) is 0 Å². The summed E-state index contributed by atoms with van der Waals surface area (Å²) in [6.07, 6.45) is -5.43. The van der Waals surface area contributed by atoms with Gasteiger partial charge in [-0.05, 0) is 24.3 Å². The standard InChI is InChI=1S/C18H13F3N2O3/c19-18(20,21)9-8-13(24)14-15(25)12-7-4-10-22-16(12)23(17(14)26)11-5-2-1-3-6-11/h1-7,10,25H,8-9H2. The fourth-order valence-corrected chi connectivity index (χ4v) is 2.65. The monoisotopic (exact) mass is 362 g/mol. The van der Waals surface area contributed by atoms with E-state index in [9.17, 15) is 27.9 Å². The molecule has 1 aromatic carbocycles. The van der Waals surface area contributed by atoms with E-state index in [4.69, 9.17) is 0 Å². The molecule has 8 heteroatoms. The summed E-state index contributed by atoms with van der Waals surface area (Å²) in [7, 11) is 0. The maximum Gasteiger partial charge on any atom is 0.389 e. The quantitative estimate of drug-likeness (QED) is 0.720. The highest BCUT2D eigenvalue weighted by atomic mass is 19.4. The molecule has 0 amide bonds. The molecule has 0 atom stereocenters. The Kier molecular flexibility index (Phi) is 4.50. The van der Waals surface area contributed by atoms with E-state index in [0.717, 1.165) is 4.57 Å². The second-order valence-electron chi connectivity index (χ2n) is 5.61. The zero-order valence-corrected chi connectivity index (χ0v) is 13.3. The number of aromatic hydroxyl groups is 1. The molecule has 0 saturated heterocycles. The summed E-state index contributed by atoms with van der Waals surface area (Å²) in [4.78, 5) is 29.2. The van der Waals surface area contributed by atoms with Gasteiger partial charge < -0.3 is 5.11 Å². The summed E-state index contributed by atoms with van der Waals surface area (Å²) < 4.78 is 38.4. The molecule has 0 fully saturated rings. The van der Waals surface area contributed by atoms with E-state index in [-0.39, 0.29) is 11.0 Å². The van der Waals surface area contributed by atoms with Crippen LogP contribution in [0.1, 0.15) is 23.2 Å². The molecule has 0 aliphatic carbocycles. The van der Waals surface area contributed by atoms with Crippen molar-refractivity contribution in [3.63, 3.8) is 0 Å². The van der Waals surface area contributed by atoms with Gasteiger partial charge in [0.2, 0.25) is 0 Å². The van der Waals surface area contributed by atoms with Gasteiger partial charge in [-0.2, -0.15) is 13.2 Å². The molecule has 2 aromatic heterocycles. The van der Waals surface area contributed by atoms with Crippen LogP contribution < -0.4 is 5.56 Å². The van der Waals surface area contributed by atoms with Crippen LogP contribution in [0, 0.1) is 0 Å². The molecule has 3 rings (SSSR count). The van der Waals surface area contributed by atoms with Crippen LogP contribution in [0.3, 0.4) is 0 Å². The molecule has 0 spiro atoms. The zero-order valence-electron chi connectivity index (χ0n) is 13.3. The maximum atomic E-state index is 12.8. The lowest BCUT2D eigenvalue weighted by Gasteiger charge is -2.14. The highest BCUT2D eigenvalue weighted by Crippen LogP contribution is 2.29. The number of para-hydroxylation sites is 1. The molecule has 0 bridgehead atoms. The van der Waals surface area contributed by atoms with Gasteiger partial charge in [0.25, 0.3) is 5.56 Å². The molecule has 0 unspecified atom stereocenters. The first-order chi connectivity index (χ1) is 12.3. The summed E-state index contributed by atoms with van der Waals surface area (Å²) >= 11 is 0. The summed E-state index contributed by atoms with van der Waals surface area (Å²) in [5.41, 5.74) is -1.09. The molecular formula is C18H13F3N2O3. The first kappa shape index (κ1) is 17.7. The van der Waals surface area contributed by atoms with E-state index in [1.54, 1.807) is 30.3 Å². The van der Waals surface area contributed by atoms with Gasteiger partial charge >= 0.3 is 6.18 Å². The number of carbonyl (C=O) groups excluding carboxylic acids is 1. The average Bonchev–Trinajstić information content (AvgIpc) is 2.60. The molecule has 0 radical (unpaired) electrons. The first-order valence-electron chi connectivity index (χ1n) is 7.67. The first-order valence-corrected chi connectivity index (χ1v) is 7.67. The Hall–Kier alpha value is -3.16. The van der Waals surface area contributed by atoms with Gasteiger partial charge in [-0.3, -0.25) is 14.2 Å². The van der Waals surface area contributed by atoms with Crippen LogP contribution in [-0.2, 0) is 0 Å². The Morgan fingerprint density at radius 3 is 2.46 bits per heavy atom. The maximum absolute atomic E-state index is 12.8. The van der Waals surface area contributed by atoms with Crippen molar-refractivity contribution in [2.45, 2.75) is 19.0 Å². The van der Waals surface area contributed by atoms with Crippen molar-refractivity contribution < 1.29 is 23.1 Å². The number of carbonyl (C=O) groups is 1. The Labute approximate surface area is 145 Å². The van der Waals surface area contributed by atoms with Gasteiger partial charge in [0.15, 0.2) is 11.4 Å². The van der Waals surface area contributed by atoms with Crippen molar-refractivity contribution in [2.75, 3.05) is 0 Å². The molecule has 0 aliphatic heterocycles. The SMILES string of the molecule is O=C(CCC(F)(F)F)c1c(O)c2cccnc2n(-c2ccccc2)c1=O. The lowest BCUT2D eigenvalue weighted by Crippen LogP contribution is -2.27. The largest absolute Gasteiger partial charge is 0.506 e. The highest BCUT2D eigenvalue weighted by Gasteiger charge is 2.30. The summed E-state index contributed by atoms with van der Waals surface area (Å²) in [6, 6.07) is 11.2. The predicted octanol–water partition coefficient (Wildman–Crippen LogP) is 3.62. The number of rotatable bonds is 4. The Morgan fingerprint density at radius 2 is 1.81 bits per heavy atom. The number of halogens is 3. The molecule has 134 valence electrons. The number of Topliss-reactive ketones (excluding diaryl/α,β-unsaturated/α-hetero) is 1. The Bertz CT molecular complexity index is 1030. The van der Waals surface area contributed by atoms with Crippen molar-refractivity contribution in [2.24, 2.45) is 0 Å². The van der Waals surface area contributed by atoms with Gasteiger partial charge in [-0.15, -0.1) is 0 Å². The van der Waals surface area contributed by atoms with E-state index in [2.05, 4.69) is 4.98 Å². The molecule has 26 heavy (non-hydrogen) atoms. The minimum atomic E-state index is -4.54. The van der Waals surface area contributed by atoms with Crippen molar-refractivity contribution in [3.8, 4) is 11.4 Å². The molecule has 0 aliphatic rings. The number of fused-ring (bicyclic) bond motifs is 1. The molecule has 5 nitrogen and oxygen atoms in total. The number of hydrogen-bond donors (Lipinski definition) is 1.